The average molecular weight is 320 g/mol. The average Bonchev–Trinajstić information content (AvgIpc) is 2.44. The van der Waals surface area contributed by atoms with Crippen molar-refractivity contribution >= 4 is 11.9 Å². The molecule has 23 heavy (non-hydrogen) atoms. The summed E-state index contributed by atoms with van der Waals surface area (Å²) in [6, 6.07) is 6.77. The van der Waals surface area contributed by atoms with Crippen molar-refractivity contribution < 1.29 is 19.1 Å². The Bertz CT molecular complexity index is 580. The Hall–Kier alpha value is -2.08. The number of ether oxygens (including phenoxy) is 2. The summed E-state index contributed by atoms with van der Waals surface area (Å²) < 4.78 is 10.6. The zero-order valence-electron chi connectivity index (χ0n) is 14.1. The smallest absolute Gasteiger partial charge is 0.344 e. The summed E-state index contributed by atoms with van der Waals surface area (Å²) in [6.45, 7) is 6.34. The number of likely N-dealkylation sites (N-methyl/N-ethyl adjacent to an activating group) is 1. The molecule has 1 N–H and O–H groups in total. The summed E-state index contributed by atoms with van der Waals surface area (Å²) in [7, 11) is 1.83. The molecular weight excluding hydrogens is 296 g/mol. The van der Waals surface area contributed by atoms with Gasteiger partial charge in [-0.25, -0.2) is 4.79 Å². The van der Waals surface area contributed by atoms with E-state index in [1.54, 1.807) is 6.07 Å². The number of carbonyl (C=O) groups is 2. The van der Waals surface area contributed by atoms with E-state index in [0.717, 1.165) is 5.56 Å². The van der Waals surface area contributed by atoms with Crippen LogP contribution in [0.4, 0.5) is 0 Å². The number of benzene rings is 1. The van der Waals surface area contributed by atoms with Gasteiger partial charge in [0, 0.05) is 17.6 Å². The maximum atomic E-state index is 12.8. The summed E-state index contributed by atoms with van der Waals surface area (Å²) in [4.78, 5) is 26.2. The van der Waals surface area contributed by atoms with Crippen molar-refractivity contribution in [2.24, 2.45) is 0 Å². The second kappa shape index (κ2) is 7.00. The maximum Gasteiger partial charge on any atom is 0.344 e. The molecule has 6 heteroatoms. The number of carbonyl (C=O) groups excluding carboxylic acids is 2. The van der Waals surface area contributed by atoms with Crippen LogP contribution in [0.15, 0.2) is 24.3 Å². The summed E-state index contributed by atoms with van der Waals surface area (Å²) in [5.41, 5.74) is 0.404. The van der Waals surface area contributed by atoms with Gasteiger partial charge in [-0.3, -0.25) is 9.69 Å². The van der Waals surface area contributed by atoms with Gasteiger partial charge in [-0.05, 0) is 33.9 Å². The van der Waals surface area contributed by atoms with Crippen LogP contribution in [0.25, 0.3) is 0 Å². The Morgan fingerprint density at radius 2 is 1.96 bits per heavy atom. The Kier molecular flexibility index (Phi) is 5.26. The second-order valence-corrected chi connectivity index (χ2v) is 6.67. The summed E-state index contributed by atoms with van der Waals surface area (Å²) in [5.74, 6) is 0.000931. The largest absolute Gasteiger partial charge is 0.482 e. The van der Waals surface area contributed by atoms with Crippen molar-refractivity contribution in [3.05, 3.63) is 29.8 Å². The van der Waals surface area contributed by atoms with E-state index in [4.69, 9.17) is 9.47 Å². The van der Waals surface area contributed by atoms with Crippen LogP contribution in [0.2, 0.25) is 0 Å². The molecule has 0 aliphatic carbocycles. The molecule has 126 valence electrons. The Morgan fingerprint density at radius 1 is 1.26 bits per heavy atom. The monoisotopic (exact) mass is 320 g/mol. The molecule has 1 atom stereocenters. The first-order chi connectivity index (χ1) is 10.8. The number of amides is 1. The van der Waals surface area contributed by atoms with E-state index in [1.165, 1.54) is 0 Å². The molecule has 1 aromatic rings. The van der Waals surface area contributed by atoms with Crippen molar-refractivity contribution in [3.63, 3.8) is 0 Å². The highest BCUT2D eigenvalue weighted by Crippen LogP contribution is 2.30. The van der Waals surface area contributed by atoms with E-state index in [1.807, 2.05) is 50.9 Å². The van der Waals surface area contributed by atoms with Crippen LogP contribution in [0.1, 0.15) is 32.4 Å². The minimum absolute atomic E-state index is 0.108. The molecule has 6 nitrogen and oxygen atoms in total. The first-order valence-electron chi connectivity index (χ1n) is 7.67. The number of para-hydroxylation sites is 1. The molecule has 0 saturated carbocycles. The Morgan fingerprint density at radius 3 is 2.65 bits per heavy atom. The quantitative estimate of drug-likeness (QED) is 0.795. The number of hydrogen-bond donors (Lipinski definition) is 1. The topological polar surface area (TPSA) is 67.9 Å². The van der Waals surface area contributed by atoms with Crippen LogP contribution in [0, 0.1) is 0 Å². The third-order valence-corrected chi connectivity index (χ3v) is 3.45. The van der Waals surface area contributed by atoms with Crippen molar-refractivity contribution in [1.82, 2.24) is 10.2 Å². The molecule has 0 fully saturated rings. The van der Waals surface area contributed by atoms with Crippen LogP contribution in [0.3, 0.4) is 0 Å². The van der Waals surface area contributed by atoms with Gasteiger partial charge in [-0.15, -0.1) is 0 Å². The Balaban J connectivity index is 2.38. The van der Waals surface area contributed by atoms with E-state index in [-0.39, 0.29) is 24.7 Å². The Labute approximate surface area is 136 Å². The second-order valence-electron chi connectivity index (χ2n) is 6.67. The molecule has 1 aromatic carbocycles. The third kappa shape index (κ3) is 4.69. The standard InChI is InChI=1S/C17H24N2O4/c1-17(2,3)18-16(21)15-12-7-5-6-8-13(12)23-11-14(20)22-10-9-19(15)4/h5-8,15H,9-11H2,1-4H3,(H,18,21). The number of cyclic esters (lactones) is 1. The lowest BCUT2D eigenvalue weighted by Gasteiger charge is -2.32. The number of nitrogens with one attached hydrogen (secondary N) is 1. The van der Waals surface area contributed by atoms with Crippen LogP contribution in [0.5, 0.6) is 5.75 Å². The molecule has 1 unspecified atom stereocenters. The minimum atomic E-state index is -0.512. The van der Waals surface area contributed by atoms with Crippen LogP contribution in [-0.4, -0.2) is 49.1 Å². The number of fused-ring (bicyclic) bond motifs is 1. The predicted octanol–water partition coefficient (Wildman–Crippen LogP) is 1.51. The zero-order valence-corrected chi connectivity index (χ0v) is 14.1. The molecule has 2 rings (SSSR count). The predicted molar refractivity (Wildman–Crippen MR) is 86.2 cm³/mol. The van der Waals surface area contributed by atoms with Gasteiger partial charge in [0.15, 0.2) is 6.61 Å². The first-order valence-corrected chi connectivity index (χ1v) is 7.67. The molecule has 1 heterocycles. The fourth-order valence-electron chi connectivity index (χ4n) is 2.47. The highest BCUT2D eigenvalue weighted by Gasteiger charge is 2.31. The fraction of sp³-hybridized carbons (Fsp3) is 0.529. The molecule has 0 saturated heterocycles. The van der Waals surface area contributed by atoms with Crippen molar-refractivity contribution in [1.29, 1.82) is 0 Å². The molecule has 0 bridgehead atoms. The van der Waals surface area contributed by atoms with E-state index in [2.05, 4.69) is 5.32 Å². The summed E-state index contributed by atoms with van der Waals surface area (Å²) in [6.07, 6.45) is 0. The highest BCUT2D eigenvalue weighted by molar-refractivity contribution is 5.84. The molecule has 0 spiro atoms. The molecule has 1 aliphatic heterocycles. The normalized spacial score (nSPS) is 20.0. The van der Waals surface area contributed by atoms with Gasteiger partial charge in [0.25, 0.3) is 0 Å². The molecular formula is C17H24N2O4. The lowest BCUT2D eigenvalue weighted by atomic mass is 10.0. The van der Waals surface area contributed by atoms with Crippen LogP contribution < -0.4 is 10.1 Å². The lowest BCUT2D eigenvalue weighted by Crippen LogP contribution is -2.47. The van der Waals surface area contributed by atoms with Gasteiger partial charge in [0.05, 0.1) is 0 Å². The summed E-state index contributed by atoms with van der Waals surface area (Å²) >= 11 is 0. The fourth-order valence-corrected chi connectivity index (χ4v) is 2.47. The molecule has 1 amide bonds. The van der Waals surface area contributed by atoms with Gasteiger partial charge in [0.1, 0.15) is 18.4 Å². The van der Waals surface area contributed by atoms with E-state index in [0.29, 0.717) is 12.3 Å². The van der Waals surface area contributed by atoms with E-state index < -0.39 is 12.0 Å². The van der Waals surface area contributed by atoms with Crippen LogP contribution in [-0.2, 0) is 14.3 Å². The molecule has 0 aromatic heterocycles. The van der Waals surface area contributed by atoms with Crippen molar-refractivity contribution in [3.8, 4) is 5.75 Å². The van der Waals surface area contributed by atoms with Crippen molar-refractivity contribution in [2.75, 3.05) is 26.8 Å². The van der Waals surface area contributed by atoms with Gasteiger partial charge in [0.2, 0.25) is 5.91 Å². The lowest BCUT2D eigenvalue weighted by molar-refractivity contribution is -0.146. The number of rotatable bonds is 1. The number of hydrogen-bond acceptors (Lipinski definition) is 5. The van der Waals surface area contributed by atoms with Gasteiger partial charge in [-0.2, -0.15) is 0 Å². The molecule has 0 radical (unpaired) electrons. The van der Waals surface area contributed by atoms with Gasteiger partial charge in [-0.1, -0.05) is 18.2 Å². The number of esters is 1. The third-order valence-electron chi connectivity index (χ3n) is 3.45. The van der Waals surface area contributed by atoms with Gasteiger partial charge >= 0.3 is 5.97 Å². The maximum absolute atomic E-state index is 12.8. The van der Waals surface area contributed by atoms with Gasteiger partial charge < -0.3 is 14.8 Å². The van der Waals surface area contributed by atoms with Crippen molar-refractivity contribution in [2.45, 2.75) is 32.4 Å². The van der Waals surface area contributed by atoms with E-state index in [9.17, 15) is 9.59 Å². The molecule has 1 aliphatic rings. The SMILES string of the molecule is CN1CCOC(=O)COc2ccccc2C1C(=O)NC(C)(C)C. The van der Waals surface area contributed by atoms with E-state index >= 15 is 0 Å². The zero-order chi connectivity index (χ0) is 17.0. The number of nitrogens with zero attached hydrogens (tertiary/aromatic N) is 1. The minimum Gasteiger partial charge on any atom is -0.482 e. The first kappa shape index (κ1) is 17.3. The summed E-state index contributed by atoms with van der Waals surface area (Å²) in [5, 5.41) is 3.01. The van der Waals surface area contributed by atoms with Crippen LogP contribution >= 0.6 is 0 Å². The highest BCUT2D eigenvalue weighted by atomic mass is 16.6.